The monoisotopic (exact) mass is 286 g/mol. The molecule has 7 heteroatoms. The largest absolute Gasteiger partial charge is 0.480 e. The number of likely N-dealkylation sites (tertiary alicyclic amines) is 1. The molecule has 3 N–H and O–H groups in total. The fourth-order valence-corrected chi connectivity index (χ4v) is 2.02. The lowest BCUT2D eigenvalue weighted by atomic mass is 9.96. The molecule has 2 amide bonds. The number of amides is 2. The summed E-state index contributed by atoms with van der Waals surface area (Å²) in [5.74, 6) is -1.65. The zero-order valence-corrected chi connectivity index (χ0v) is 12.0. The molecule has 20 heavy (non-hydrogen) atoms. The molecule has 1 aliphatic heterocycles. The predicted octanol–water partition coefficient (Wildman–Crippen LogP) is -0.415. The Labute approximate surface area is 117 Å². The van der Waals surface area contributed by atoms with Gasteiger partial charge in [0, 0.05) is 31.3 Å². The number of aliphatic hydroxyl groups is 1. The minimum atomic E-state index is -1.12. The maximum absolute atomic E-state index is 11.9. The highest BCUT2D eigenvalue weighted by atomic mass is 16.4. The summed E-state index contributed by atoms with van der Waals surface area (Å²) in [6.07, 6.45) is -0.725. The summed E-state index contributed by atoms with van der Waals surface area (Å²) in [5.41, 5.74) is -0.531. The maximum Gasteiger partial charge on any atom is 0.326 e. The predicted molar refractivity (Wildman–Crippen MR) is 70.8 cm³/mol. The Morgan fingerprint density at radius 2 is 1.90 bits per heavy atom. The average molecular weight is 286 g/mol. The average Bonchev–Trinajstić information content (AvgIpc) is 2.70. The Morgan fingerprint density at radius 1 is 1.30 bits per heavy atom. The van der Waals surface area contributed by atoms with Gasteiger partial charge in [0.25, 0.3) is 0 Å². The molecule has 0 radical (unpaired) electrons. The van der Waals surface area contributed by atoms with Crippen LogP contribution in [-0.4, -0.2) is 58.1 Å². The summed E-state index contributed by atoms with van der Waals surface area (Å²) in [7, 11) is 0. The molecular formula is C13H22N2O5. The number of aliphatic hydroxyl groups excluding tert-OH is 1. The smallest absolute Gasteiger partial charge is 0.326 e. The van der Waals surface area contributed by atoms with E-state index in [1.807, 2.05) is 0 Å². The van der Waals surface area contributed by atoms with Gasteiger partial charge in [-0.3, -0.25) is 9.59 Å². The molecule has 1 heterocycles. The van der Waals surface area contributed by atoms with E-state index in [1.54, 1.807) is 20.8 Å². The molecule has 0 aromatic carbocycles. The minimum absolute atomic E-state index is 0.0261. The minimum Gasteiger partial charge on any atom is -0.480 e. The van der Waals surface area contributed by atoms with E-state index in [9.17, 15) is 19.5 Å². The fraction of sp³-hybridized carbons (Fsp3) is 0.769. The van der Waals surface area contributed by atoms with Crippen LogP contribution in [0.3, 0.4) is 0 Å². The van der Waals surface area contributed by atoms with Gasteiger partial charge in [0.1, 0.15) is 6.04 Å². The van der Waals surface area contributed by atoms with Gasteiger partial charge in [0.05, 0.1) is 6.10 Å². The second-order valence-corrected chi connectivity index (χ2v) is 6.05. The number of hydrogen-bond donors (Lipinski definition) is 3. The molecule has 0 aliphatic carbocycles. The second kappa shape index (κ2) is 6.21. The van der Waals surface area contributed by atoms with Crippen LogP contribution in [0.2, 0.25) is 0 Å². The van der Waals surface area contributed by atoms with Crippen LogP contribution in [0.15, 0.2) is 0 Å². The van der Waals surface area contributed by atoms with Crippen LogP contribution in [0.25, 0.3) is 0 Å². The first kappa shape index (κ1) is 16.4. The number of rotatable bonds is 4. The molecule has 7 nitrogen and oxygen atoms in total. The van der Waals surface area contributed by atoms with Crippen LogP contribution >= 0.6 is 0 Å². The van der Waals surface area contributed by atoms with Crippen molar-refractivity contribution in [3.8, 4) is 0 Å². The molecule has 2 atom stereocenters. The van der Waals surface area contributed by atoms with Crippen molar-refractivity contribution in [3.63, 3.8) is 0 Å². The summed E-state index contributed by atoms with van der Waals surface area (Å²) >= 11 is 0. The van der Waals surface area contributed by atoms with Crippen molar-refractivity contribution in [1.82, 2.24) is 10.2 Å². The molecule has 1 fully saturated rings. The van der Waals surface area contributed by atoms with E-state index in [-0.39, 0.29) is 37.7 Å². The van der Waals surface area contributed by atoms with Gasteiger partial charge in [0.15, 0.2) is 0 Å². The lowest BCUT2D eigenvalue weighted by Crippen LogP contribution is -2.42. The molecule has 114 valence electrons. The standard InChI is InChI=1S/C13H22N2O5/c1-13(2,3)12(20)14-5-4-10(17)15-7-8(16)6-9(15)11(18)19/h8-9,16H,4-7H2,1-3H3,(H,14,20)(H,18,19)/t8-,9+/m1/s1. The molecule has 0 aromatic rings. The molecular weight excluding hydrogens is 264 g/mol. The Hall–Kier alpha value is -1.63. The van der Waals surface area contributed by atoms with E-state index in [0.717, 1.165) is 4.90 Å². The zero-order chi connectivity index (χ0) is 15.5. The number of nitrogens with one attached hydrogen (secondary N) is 1. The van der Waals surface area contributed by atoms with E-state index in [4.69, 9.17) is 5.11 Å². The van der Waals surface area contributed by atoms with E-state index in [1.165, 1.54) is 0 Å². The third-order valence-corrected chi connectivity index (χ3v) is 3.19. The normalized spacial score (nSPS) is 22.7. The van der Waals surface area contributed by atoms with Crippen molar-refractivity contribution in [3.05, 3.63) is 0 Å². The van der Waals surface area contributed by atoms with Gasteiger partial charge in [-0.2, -0.15) is 0 Å². The van der Waals surface area contributed by atoms with Gasteiger partial charge < -0.3 is 20.4 Å². The summed E-state index contributed by atoms with van der Waals surface area (Å²) in [4.78, 5) is 35.7. The molecule has 0 saturated carbocycles. The number of carboxylic acids is 1. The van der Waals surface area contributed by atoms with E-state index in [2.05, 4.69) is 5.32 Å². The number of carbonyl (C=O) groups is 3. The topological polar surface area (TPSA) is 107 Å². The summed E-state index contributed by atoms with van der Waals surface area (Å²) in [6, 6.07) is -0.976. The second-order valence-electron chi connectivity index (χ2n) is 6.05. The van der Waals surface area contributed by atoms with Crippen molar-refractivity contribution >= 4 is 17.8 Å². The quantitative estimate of drug-likeness (QED) is 0.651. The van der Waals surface area contributed by atoms with Gasteiger partial charge in [-0.15, -0.1) is 0 Å². The van der Waals surface area contributed by atoms with Crippen molar-refractivity contribution in [2.24, 2.45) is 5.41 Å². The number of hydrogen-bond acceptors (Lipinski definition) is 4. The van der Waals surface area contributed by atoms with Crippen molar-refractivity contribution in [2.45, 2.75) is 45.8 Å². The molecule has 1 aliphatic rings. The molecule has 0 aromatic heterocycles. The number of nitrogens with zero attached hydrogens (tertiary/aromatic N) is 1. The first-order chi connectivity index (χ1) is 9.12. The summed E-state index contributed by atoms with van der Waals surface area (Å²) in [6.45, 7) is 5.49. The summed E-state index contributed by atoms with van der Waals surface area (Å²) < 4.78 is 0. The zero-order valence-electron chi connectivity index (χ0n) is 12.0. The molecule has 0 unspecified atom stereocenters. The van der Waals surface area contributed by atoms with Crippen LogP contribution in [0.4, 0.5) is 0 Å². The van der Waals surface area contributed by atoms with Crippen molar-refractivity contribution in [1.29, 1.82) is 0 Å². The van der Waals surface area contributed by atoms with Gasteiger partial charge in [0.2, 0.25) is 11.8 Å². The molecule has 0 spiro atoms. The van der Waals surface area contributed by atoms with Crippen LogP contribution < -0.4 is 5.32 Å². The lowest BCUT2D eigenvalue weighted by molar-refractivity contribution is -0.148. The van der Waals surface area contributed by atoms with Gasteiger partial charge >= 0.3 is 5.97 Å². The number of carboxylic acid groups (broad SMARTS) is 1. The van der Waals surface area contributed by atoms with Gasteiger partial charge in [-0.05, 0) is 0 Å². The number of carbonyl (C=O) groups excluding carboxylic acids is 2. The SMILES string of the molecule is CC(C)(C)C(=O)NCCC(=O)N1C[C@H](O)C[C@H]1C(=O)O. The number of aliphatic carboxylic acids is 1. The Kier molecular flexibility index (Phi) is 5.10. The molecule has 1 saturated heterocycles. The van der Waals surface area contributed by atoms with Crippen LogP contribution in [0.5, 0.6) is 0 Å². The number of β-amino-alcohol motifs (C(OH)–C–C–N with tert-alkyl or cyclic N) is 1. The molecule has 1 rings (SSSR count). The van der Waals surface area contributed by atoms with Crippen molar-refractivity contribution in [2.75, 3.05) is 13.1 Å². The highest BCUT2D eigenvalue weighted by molar-refractivity contribution is 5.85. The maximum atomic E-state index is 11.9. The Morgan fingerprint density at radius 3 is 2.40 bits per heavy atom. The van der Waals surface area contributed by atoms with Crippen molar-refractivity contribution < 1.29 is 24.6 Å². The lowest BCUT2D eigenvalue weighted by Gasteiger charge is -2.22. The van der Waals surface area contributed by atoms with Gasteiger partial charge in [-0.1, -0.05) is 20.8 Å². The fourth-order valence-electron chi connectivity index (χ4n) is 2.02. The third-order valence-electron chi connectivity index (χ3n) is 3.19. The van der Waals surface area contributed by atoms with Crippen LogP contribution in [-0.2, 0) is 14.4 Å². The summed E-state index contributed by atoms with van der Waals surface area (Å²) in [5, 5.41) is 21.1. The Bertz CT molecular complexity index is 402. The first-order valence-electron chi connectivity index (χ1n) is 6.61. The van der Waals surface area contributed by atoms with E-state index < -0.39 is 23.5 Å². The highest BCUT2D eigenvalue weighted by Crippen LogP contribution is 2.19. The van der Waals surface area contributed by atoms with Gasteiger partial charge in [-0.25, -0.2) is 4.79 Å². The van der Waals surface area contributed by atoms with E-state index in [0.29, 0.717) is 0 Å². The highest BCUT2D eigenvalue weighted by Gasteiger charge is 2.38. The molecule has 0 bridgehead atoms. The van der Waals surface area contributed by atoms with E-state index >= 15 is 0 Å². The van der Waals surface area contributed by atoms with Crippen LogP contribution in [0.1, 0.15) is 33.6 Å². The van der Waals surface area contributed by atoms with Crippen LogP contribution in [0, 0.1) is 5.41 Å². The third kappa shape index (κ3) is 4.19. The first-order valence-corrected chi connectivity index (χ1v) is 6.61. The Balaban J connectivity index is 2.47.